The Balaban J connectivity index is 1.34. The van der Waals surface area contributed by atoms with E-state index in [1.54, 1.807) is 70.2 Å². The van der Waals surface area contributed by atoms with Gasteiger partial charge in [-0.15, -0.1) is 0 Å². The molecule has 6 aromatic rings. The molecule has 0 saturated carbocycles. The van der Waals surface area contributed by atoms with E-state index in [2.05, 4.69) is 19.8 Å². The zero-order valence-electron chi connectivity index (χ0n) is 38.6. The Morgan fingerprint density at radius 3 is 1.77 bits per heavy atom. The normalized spacial score (nSPS) is 12.6. The Labute approximate surface area is 409 Å². The summed E-state index contributed by atoms with van der Waals surface area (Å²) in [5.41, 5.74) is 4.48. The van der Waals surface area contributed by atoms with Crippen LogP contribution < -0.4 is 20.1 Å². The molecule has 0 amide bonds. The first-order chi connectivity index (χ1) is 33.2. The van der Waals surface area contributed by atoms with Gasteiger partial charge in [-0.05, 0) is 130 Å². The van der Waals surface area contributed by atoms with Crippen molar-refractivity contribution in [2.24, 2.45) is 4.99 Å². The minimum atomic E-state index is -5.15. The molecule has 0 fully saturated rings. The van der Waals surface area contributed by atoms with E-state index in [1.165, 1.54) is 67.6 Å². The largest absolute Gasteiger partial charge is 0.478 e. The molecule has 1 aliphatic carbocycles. The van der Waals surface area contributed by atoms with Crippen LogP contribution in [0.3, 0.4) is 0 Å². The van der Waals surface area contributed by atoms with Crippen molar-refractivity contribution in [1.29, 1.82) is 0 Å². The number of sulfonamides is 2. The van der Waals surface area contributed by atoms with Gasteiger partial charge >= 0.3 is 5.97 Å². The van der Waals surface area contributed by atoms with Crippen LogP contribution >= 0.6 is 0 Å². The molecule has 2 aliphatic rings. The number of nitrogens with zero attached hydrogens (tertiary/aromatic N) is 1. The average Bonchev–Trinajstić information content (AvgIpc) is 3.30. The molecule has 0 spiro atoms. The Hall–Kier alpha value is -7.40. The summed E-state index contributed by atoms with van der Waals surface area (Å²) < 4.78 is 140. The molecular weight excluding hydrogens is 993 g/mol. The van der Waals surface area contributed by atoms with E-state index in [0.717, 1.165) is 17.7 Å². The van der Waals surface area contributed by atoms with Crippen molar-refractivity contribution in [2.45, 2.75) is 61.1 Å². The highest BCUT2D eigenvalue weighted by molar-refractivity contribution is 7.93. The average molecular weight is 1040 g/mol. The van der Waals surface area contributed by atoms with Gasteiger partial charge in [0.15, 0.2) is 0 Å². The Morgan fingerprint density at radius 1 is 0.549 bits per heavy atom. The zero-order chi connectivity index (χ0) is 51.5. The molecule has 8 rings (SSSR count). The standard InChI is InChI=1S/C50H44N4O13S4/c1-27-21-29(3)48(53-68(57,58)35-14-8-7-9-15-35)31(5)46(27)51-34-19-20-37-41(24-34)67-42-26-40(44(71(64,65)66)25-39(42)45(37)38-17-10-11-18-43(38)70(61,62)63)52-47-28(2)22-30(4)49(32(47)6)54-69(59,60)36-16-12-13-33(23-36)50(55)56/h7-26,51,53-54H,1-6H3,(H,55,56)(H,61,62,63)(H,64,65,66)/b52-40-. The molecule has 0 aromatic heterocycles. The minimum absolute atomic E-state index is 0.0177. The number of fused-ring (bicyclic) bond motifs is 2. The summed E-state index contributed by atoms with van der Waals surface area (Å²) in [5.74, 6) is -1.40. The van der Waals surface area contributed by atoms with Crippen LogP contribution in [-0.2, 0) is 40.3 Å². The van der Waals surface area contributed by atoms with E-state index < -0.39 is 56.0 Å². The lowest BCUT2D eigenvalue weighted by Crippen LogP contribution is -2.17. The molecule has 1 aliphatic heterocycles. The Bertz CT molecular complexity index is 4050. The van der Waals surface area contributed by atoms with Gasteiger partial charge in [-0.3, -0.25) is 18.5 Å². The van der Waals surface area contributed by atoms with Crippen LogP contribution in [-0.4, -0.2) is 53.9 Å². The van der Waals surface area contributed by atoms with E-state index in [4.69, 9.17) is 4.42 Å². The van der Waals surface area contributed by atoms with E-state index >= 15 is 0 Å². The summed E-state index contributed by atoms with van der Waals surface area (Å²) in [5, 5.41) is 12.7. The van der Waals surface area contributed by atoms with E-state index in [9.17, 15) is 52.7 Å². The summed E-state index contributed by atoms with van der Waals surface area (Å²) in [4.78, 5) is 14.8. The van der Waals surface area contributed by atoms with Gasteiger partial charge in [0.2, 0.25) is 0 Å². The first-order valence-corrected chi connectivity index (χ1v) is 27.2. The lowest BCUT2D eigenvalue weighted by Gasteiger charge is -2.21. The number of anilines is 4. The number of benzene rings is 7. The third kappa shape index (κ3) is 9.87. The fourth-order valence-electron chi connectivity index (χ4n) is 8.55. The van der Waals surface area contributed by atoms with E-state index in [-0.39, 0.29) is 71.1 Å². The number of carboxylic acid groups (broad SMARTS) is 1. The number of aromatic carboxylic acids is 1. The van der Waals surface area contributed by atoms with Crippen LogP contribution in [0.25, 0.3) is 33.4 Å². The molecule has 17 nitrogen and oxygen atoms in total. The highest BCUT2D eigenvalue weighted by Crippen LogP contribution is 2.45. The van der Waals surface area contributed by atoms with E-state index in [1.807, 2.05) is 13.0 Å². The SMILES string of the molecule is Cc1cc(C)c(NS(=O)(=O)c2cccc(C(=O)O)c2)c(C)c1/N=c1/cc2oc3cc(Nc4c(C)cc(C)c(NS(=O)(=O)c5ccccc5)c4C)ccc3c(-c3ccccc3S(=O)(=O)O)c-2cc1S(=O)(=O)O. The van der Waals surface area contributed by atoms with Crippen molar-refractivity contribution >= 4 is 85.7 Å². The van der Waals surface area contributed by atoms with Crippen molar-refractivity contribution in [1.82, 2.24) is 0 Å². The first kappa shape index (κ1) is 50.0. The number of rotatable bonds is 13. The third-order valence-corrected chi connectivity index (χ3v) is 16.3. The summed E-state index contributed by atoms with van der Waals surface area (Å²) in [6, 6.07) is 28.6. The predicted octanol–water partition coefficient (Wildman–Crippen LogP) is 9.82. The molecule has 6 N–H and O–H groups in total. The highest BCUT2D eigenvalue weighted by Gasteiger charge is 2.28. The van der Waals surface area contributed by atoms with Crippen molar-refractivity contribution in [3.8, 4) is 22.5 Å². The third-order valence-electron chi connectivity index (χ3n) is 11.8. The molecule has 366 valence electrons. The van der Waals surface area contributed by atoms with Crippen LogP contribution in [0.1, 0.15) is 43.7 Å². The van der Waals surface area contributed by atoms with E-state index in [0.29, 0.717) is 39.3 Å². The number of nitrogens with one attached hydrogen (secondary N) is 3. The molecule has 0 radical (unpaired) electrons. The van der Waals surface area contributed by atoms with Gasteiger partial charge in [0.25, 0.3) is 40.3 Å². The summed E-state index contributed by atoms with van der Waals surface area (Å²) in [7, 11) is -18.4. The number of aryl methyl sites for hydroxylation is 4. The first-order valence-electron chi connectivity index (χ1n) is 21.3. The van der Waals surface area contributed by atoms with Crippen molar-refractivity contribution in [3.05, 3.63) is 166 Å². The van der Waals surface area contributed by atoms with Gasteiger partial charge in [0, 0.05) is 45.6 Å². The lowest BCUT2D eigenvalue weighted by molar-refractivity contribution is 0.0696. The highest BCUT2D eigenvalue weighted by atomic mass is 32.2. The Kier molecular flexibility index (Phi) is 13.0. The molecule has 0 saturated heterocycles. The number of hydrogen-bond donors (Lipinski definition) is 6. The maximum atomic E-state index is 13.7. The second kappa shape index (κ2) is 18.4. The molecule has 21 heteroatoms. The van der Waals surface area contributed by atoms with Crippen molar-refractivity contribution in [3.63, 3.8) is 0 Å². The Morgan fingerprint density at radius 2 is 1.13 bits per heavy atom. The predicted molar refractivity (Wildman–Crippen MR) is 269 cm³/mol. The van der Waals surface area contributed by atoms with Gasteiger partial charge in [0.05, 0.1) is 37.8 Å². The second-order valence-corrected chi connectivity index (χ2v) is 22.9. The number of carbonyl (C=O) groups is 1. The summed E-state index contributed by atoms with van der Waals surface area (Å²) in [6.07, 6.45) is 0. The molecule has 0 atom stereocenters. The number of hydrogen-bond acceptors (Lipinski definition) is 12. The topological polar surface area (TPSA) is 276 Å². The molecule has 6 aromatic carbocycles. The second-order valence-electron chi connectivity index (χ2n) is 16.8. The van der Waals surface area contributed by atoms with Crippen molar-refractivity contribution < 1.29 is 57.1 Å². The quantitative estimate of drug-likeness (QED) is 0.0463. The van der Waals surface area contributed by atoms with Crippen LogP contribution in [0, 0.1) is 41.5 Å². The van der Waals surface area contributed by atoms with Crippen LogP contribution in [0.2, 0.25) is 0 Å². The summed E-state index contributed by atoms with van der Waals surface area (Å²) >= 11 is 0. The number of carboxylic acids is 1. The van der Waals surface area contributed by atoms with Crippen molar-refractivity contribution in [2.75, 3.05) is 14.8 Å². The maximum Gasteiger partial charge on any atom is 0.335 e. The van der Waals surface area contributed by atoms with Gasteiger partial charge in [-0.25, -0.2) is 26.6 Å². The van der Waals surface area contributed by atoms with Gasteiger partial charge in [-0.1, -0.05) is 54.6 Å². The van der Waals surface area contributed by atoms with Crippen LogP contribution in [0.5, 0.6) is 0 Å². The van der Waals surface area contributed by atoms with Gasteiger partial charge in [-0.2, -0.15) is 16.8 Å². The fourth-order valence-corrected chi connectivity index (χ4v) is 12.3. The maximum absolute atomic E-state index is 13.7. The van der Waals surface area contributed by atoms with Crippen LogP contribution in [0.4, 0.5) is 28.4 Å². The molecule has 71 heavy (non-hydrogen) atoms. The zero-order valence-corrected chi connectivity index (χ0v) is 41.8. The lowest BCUT2D eigenvalue weighted by atomic mass is 9.93. The monoisotopic (exact) mass is 1040 g/mol. The minimum Gasteiger partial charge on any atom is -0.478 e. The molecule has 0 bridgehead atoms. The molecule has 1 heterocycles. The molecular formula is C50H44N4O13S4. The van der Waals surface area contributed by atoms with Gasteiger partial charge in [0.1, 0.15) is 21.1 Å². The van der Waals surface area contributed by atoms with Crippen LogP contribution in [0.15, 0.2) is 150 Å². The smallest absolute Gasteiger partial charge is 0.335 e. The fraction of sp³-hybridized carbons (Fsp3) is 0.120. The molecule has 0 unspecified atom stereocenters. The summed E-state index contributed by atoms with van der Waals surface area (Å²) in [6.45, 7) is 10.2. The van der Waals surface area contributed by atoms with Gasteiger partial charge < -0.3 is 14.8 Å².